The first-order chi connectivity index (χ1) is 11.0. The van der Waals surface area contributed by atoms with Gasteiger partial charge in [0.05, 0.1) is 5.88 Å². The summed E-state index contributed by atoms with van der Waals surface area (Å²) in [5, 5.41) is 2.39. The van der Waals surface area contributed by atoms with Crippen LogP contribution in [-0.4, -0.2) is 35.0 Å². The molecule has 1 amide bonds. The molecule has 0 saturated heterocycles. The molecule has 0 aromatic carbocycles. The van der Waals surface area contributed by atoms with Gasteiger partial charge in [0, 0.05) is 12.1 Å². The first-order valence-corrected chi connectivity index (χ1v) is 9.79. The summed E-state index contributed by atoms with van der Waals surface area (Å²) in [6.07, 6.45) is 12.7. The average Bonchev–Trinajstić information content (AvgIpc) is 2.57. The molecule has 0 aromatic heterocycles. The molecule has 2 aliphatic rings. The Morgan fingerprint density at radius 2 is 1.30 bits per heavy atom. The Morgan fingerprint density at radius 3 is 1.61 bits per heavy atom. The number of hydrogen-bond acceptors (Lipinski definition) is 3. The summed E-state index contributed by atoms with van der Waals surface area (Å²) >= 11 is 14.9. The van der Waals surface area contributed by atoms with Crippen LogP contribution in [0.4, 0.5) is 0 Å². The van der Waals surface area contributed by atoms with Gasteiger partial charge in [0.2, 0.25) is 11.1 Å². The van der Waals surface area contributed by atoms with Crippen molar-refractivity contribution < 1.29 is 9.59 Å². The predicted octanol–water partition coefficient (Wildman–Crippen LogP) is 3.94. The highest BCUT2D eigenvalue weighted by atomic mass is 35.5. The number of carbonyl (C=O) groups excluding carboxylic acids is 2. The van der Waals surface area contributed by atoms with Crippen LogP contribution in [0.5, 0.6) is 0 Å². The zero-order chi connectivity index (χ0) is 17.5. The Bertz CT molecular complexity index is 318. The Labute approximate surface area is 154 Å². The van der Waals surface area contributed by atoms with Crippen LogP contribution >= 0.6 is 34.8 Å². The van der Waals surface area contributed by atoms with E-state index in [1.807, 2.05) is 0 Å². The van der Waals surface area contributed by atoms with Crippen LogP contribution in [0.3, 0.4) is 0 Å². The van der Waals surface area contributed by atoms with E-state index in [9.17, 15) is 9.59 Å². The van der Waals surface area contributed by atoms with E-state index in [1.54, 1.807) is 0 Å². The highest BCUT2D eigenvalue weighted by Gasteiger charge is 2.14. The van der Waals surface area contributed by atoms with Gasteiger partial charge in [-0.05, 0) is 37.3 Å². The first-order valence-electron chi connectivity index (χ1n) is 8.34. The number of amides is 1. The molecule has 2 fully saturated rings. The Kier molecular flexibility index (Phi) is 15.5. The summed E-state index contributed by atoms with van der Waals surface area (Å²) < 4.78 is 0. The SMILES string of the molecule is NC1CCCCC1.O=C(CCl)NC1CCCCC1.O=C(Cl)CCl. The fourth-order valence-corrected chi connectivity index (χ4v) is 2.72. The van der Waals surface area contributed by atoms with E-state index in [0.29, 0.717) is 12.1 Å². The molecule has 0 heterocycles. The molecule has 3 N–H and O–H groups in total. The maximum absolute atomic E-state index is 10.8. The molecule has 0 radical (unpaired) electrons. The fraction of sp³-hybridized carbons (Fsp3) is 0.875. The second kappa shape index (κ2) is 15.5. The fourth-order valence-electron chi connectivity index (χ4n) is 2.65. The third kappa shape index (κ3) is 15.2. The van der Waals surface area contributed by atoms with Crippen molar-refractivity contribution >= 4 is 46.0 Å². The van der Waals surface area contributed by atoms with Crippen molar-refractivity contribution in [1.29, 1.82) is 0 Å². The molecule has 0 spiro atoms. The maximum atomic E-state index is 10.8. The molecule has 23 heavy (non-hydrogen) atoms. The third-order valence-corrected chi connectivity index (χ3v) is 4.60. The van der Waals surface area contributed by atoms with E-state index < -0.39 is 5.24 Å². The van der Waals surface area contributed by atoms with E-state index in [2.05, 4.69) is 5.32 Å². The lowest BCUT2D eigenvalue weighted by Gasteiger charge is -2.22. The predicted molar refractivity (Wildman–Crippen MR) is 98.4 cm³/mol. The molecule has 2 saturated carbocycles. The number of carbonyl (C=O) groups is 2. The number of hydrogen-bond donors (Lipinski definition) is 2. The first kappa shape index (κ1) is 23.0. The van der Waals surface area contributed by atoms with Gasteiger partial charge < -0.3 is 11.1 Å². The van der Waals surface area contributed by atoms with Crippen LogP contribution in [-0.2, 0) is 9.59 Å². The van der Waals surface area contributed by atoms with Crippen LogP contribution < -0.4 is 11.1 Å². The molecule has 0 aromatic rings. The second-order valence-corrected chi connectivity index (χ2v) is 6.88. The van der Waals surface area contributed by atoms with Crippen LogP contribution in [0.1, 0.15) is 64.2 Å². The molecule has 136 valence electrons. The molecule has 0 aliphatic heterocycles. The average molecular weight is 388 g/mol. The minimum absolute atomic E-state index is 0.0291. The minimum Gasteiger partial charge on any atom is -0.352 e. The van der Waals surface area contributed by atoms with Crippen LogP contribution in [0, 0.1) is 0 Å². The van der Waals surface area contributed by atoms with Gasteiger partial charge in [-0.2, -0.15) is 0 Å². The number of halogens is 3. The molecule has 0 bridgehead atoms. The highest BCUT2D eigenvalue weighted by molar-refractivity contribution is 6.67. The Hall–Kier alpha value is -0.0300. The highest BCUT2D eigenvalue weighted by Crippen LogP contribution is 2.17. The van der Waals surface area contributed by atoms with E-state index in [1.165, 1.54) is 51.4 Å². The lowest BCUT2D eigenvalue weighted by atomic mass is 9.95. The molecule has 2 rings (SSSR count). The Balaban J connectivity index is 0.000000347. The number of alkyl halides is 2. The largest absolute Gasteiger partial charge is 0.352 e. The maximum Gasteiger partial charge on any atom is 0.236 e. The standard InChI is InChI=1S/C8H14ClNO.C6H13N.C2H2Cl2O/c9-6-8(11)10-7-4-2-1-3-5-7;7-6-4-2-1-3-5-6;3-1-2(4)5/h7H,1-6H2,(H,10,11);6H,1-5,7H2;1H2. The molecule has 2 aliphatic carbocycles. The lowest BCUT2D eigenvalue weighted by Crippen LogP contribution is -2.36. The molecule has 0 unspecified atom stereocenters. The monoisotopic (exact) mass is 386 g/mol. The molecular formula is C16H29Cl3N2O2. The van der Waals surface area contributed by atoms with Gasteiger partial charge in [0.1, 0.15) is 5.88 Å². The van der Waals surface area contributed by atoms with Crippen molar-refractivity contribution in [3.05, 3.63) is 0 Å². The van der Waals surface area contributed by atoms with Gasteiger partial charge in [0.25, 0.3) is 0 Å². The summed E-state index contributed by atoms with van der Waals surface area (Å²) in [6.45, 7) is 0. The van der Waals surface area contributed by atoms with Crippen LogP contribution in [0.25, 0.3) is 0 Å². The molecule has 7 heteroatoms. The van der Waals surface area contributed by atoms with Crippen molar-refractivity contribution in [3.63, 3.8) is 0 Å². The van der Waals surface area contributed by atoms with Gasteiger partial charge in [-0.25, -0.2) is 0 Å². The lowest BCUT2D eigenvalue weighted by molar-refractivity contribution is -0.119. The summed E-state index contributed by atoms with van der Waals surface area (Å²) in [5.74, 6) is -0.0310. The van der Waals surface area contributed by atoms with E-state index in [-0.39, 0.29) is 17.7 Å². The van der Waals surface area contributed by atoms with Gasteiger partial charge in [-0.1, -0.05) is 38.5 Å². The topological polar surface area (TPSA) is 72.2 Å². The molecular weight excluding hydrogens is 359 g/mol. The number of rotatable bonds is 3. The quantitative estimate of drug-likeness (QED) is 0.569. The normalized spacial score (nSPS) is 18.8. The van der Waals surface area contributed by atoms with Gasteiger partial charge in [-0.3, -0.25) is 9.59 Å². The second-order valence-electron chi connectivity index (χ2n) is 5.92. The minimum atomic E-state index is -0.508. The molecule has 4 nitrogen and oxygen atoms in total. The van der Waals surface area contributed by atoms with Crippen molar-refractivity contribution in [2.75, 3.05) is 11.8 Å². The van der Waals surface area contributed by atoms with Crippen molar-refractivity contribution in [2.24, 2.45) is 5.73 Å². The third-order valence-electron chi connectivity index (χ3n) is 3.85. The van der Waals surface area contributed by atoms with Crippen molar-refractivity contribution in [3.8, 4) is 0 Å². The van der Waals surface area contributed by atoms with E-state index in [0.717, 1.165) is 12.8 Å². The van der Waals surface area contributed by atoms with Crippen molar-refractivity contribution in [2.45, 2.75) is 76.3 Å². The van der Waals surface area contributed by atoms with Crippen LogP contribution in [0.15, 0.2) is 0 Å². The summed E-state index contributed by atoms with van der Waals surface area (Å²) in [5.41, 5.74) is 5.63. The Morgan fingerprint density at radius 1 is 0.870 bits per heavy atom. The summed E-state index contributed by atoms with van der Waals surface area (Å²) in [4.78, 5) is 20.3. The zero-order valence-corrected chi connectivity index (χ0v) is 15.9. The zero-order valence-electron chi connectivity index (χ0n) is 13.7. The van der Waals surface area contributed by atoms with Gasteiger partial charge in [0.15, 0.2) is 0 Å². The number of nitrogens with two attached hydrogens (primary N) is 1. The van der Waals surface area contributed by atoms with Crippen molar-refractivity contribution in [1.82, 2.24) is 5.32 Å². The summed E-state index contributed by atoms with van der Waals surface area (Å²) in [7, 11) is 0. The van der Waals surface area contributed by atoms with E-state index in [4.69, 9.17) is 40.5 Å². The number of nitrogens with one attached hydrogen (secondary N) is 1. The summed E-state index contributed by atoms with van der Waals surface area (Å²) in [6, 6.07) is 0.934. The van der Waals surface area contributed by atoms with Crippen LogP contribution in [0.2, 0.25) is 0 Å². The smallest absolute Gasteiger partial charge is 0.236 e. The van der Waals surface area contributed by atoms with E-state index >= 15 is 0 Å². The molecule has 0 atom stereocenters. The van der Waals surface area contributed by atoms with Gasteiger partial charge >= 0.3 is 0 Å². The van der Waals surface area contributed by atoms with Gasteiger partial charge in [-0.15, -0.1) is 23.2 Å².